The summed E-state index contributed by atoms with van der Waals surface area (Å²) < 4.78 is 7.95. The molecule has 1 aromatic heterocycles. The topological polar surface area (TPSA) is 47.4 Å². The van der Waals surface area contributed by atoms with Crippen LogP contribution >= 0.6 is 15.9 Å². The van der Waals surface area contributed by atoms with Crippen molar-refractivity contribution in [3.05, 3.63) is 41.0 Å². The lowest BCUT2D eigenvalue weighted by Crippen LogP contribution is -2.34. The summed E-state index contributed by atoms with van der Waals surface area (Å²) in [5.74, 6) is 0.375. The Labute approximate surface area is 132 Å². The van der Waals surface area contributed by atoms with Crippen molar-refractivity contribution in [1.29, 1.82) is 0 Å². The van der Waals surface area contributed by atoms with Crippen molar-refractivity contribution in [2.24, 2.45) is 0 Å². The number of ether oxygens (including phenoxy) is 1. The Kier molecular flexibility index (Phi) is 5.38. The van der Waals surface area contributed by atoms with Crippen LogP contribution in [0.15, 0.2) is 41.0 Å². The number of likely N-dealkylation sites (N-methyl/N-ethyl adjacent to an activating group) is 1. The van der Waals surface area contributed by atoms with Gasteiger partial charge in [-0.2, -0.15) is 0 Å². The van der Waals surface area contributed by atoms with Crippen molar-refractivity contribution in [1.82, 2.24) is 14.7 Å². The SMILES string of the molecule is CCN(CC)C(=O)COc1nn(-c2ccccc2)cc1Br. The zero-order valence-corrected chi connectivity index (χ0v) is 13.7. The minimum Gasteiger partial charge on any atom is -0.466 e. The van der Waals surface area contributed by atoms with E-state index in [1.807, 2.05) is 50.4 Å². The fourth-order valence-corrected chi connectivity index (χ4v) is 2.33. The predicted octanol–water partition coefficient (Wildman–Crippen LogP) is 2.88. The first-order chi connectivity index (χ1) is 10.2. The van der Waals surface area contributed by atoms with Crippen LogP contribution in [0.2, 0.25) is 0 Å². The van der Waals surface area contributed by atoms with E-state index in [1.54, 1.807) is 9.58 Å². The molecule has 1 heterocycles. The summed E-state index contributed by atoms with van der Waals surface area (Å²) >= 11 is 3.40. The largest absolute Gasteiger partial charge is 0.466 e. The van der Waals surface area contributed by atoms with Crippen molar-refractivity contribution in [2.45, 2.75) is 13.8 Å². The number of carbonyl (C=O) groups excluding carboxylic acids is 1. The standard InChI is InChI=1S/C15H18BrN3O2/c1-3-18(4-2)14(20)11-21-15-13(16)10-19(17-15)12-8-6-5-7-9-12/h5-10H,3-4,11H2,1-2H3. The van der Waals surface area contributed by atoms with Gasteiger partial charge in [0.25, 0.3) is 5.91 Å². The number of nitrogens with zero attached hydrogens (tertiary/aromatic N) is 3. The maximum Gasteiger partial charge on any atom is 0.260 e. The third-order valence-electron chi connectivity index (χ3n) is 3.11. The zero-order valence-electron chi connectivity index (χ0n) is 12.1. The maximum atomic E-state index is 11.9. The number of benzene rings is 1. The quantitative estimate of drug-likeness (QED) is 0.803. The summed E-state index contributed by atoms with van der Waals surface area (Å²) in [7, 11) is 0. The van der Waals surface area contributed by atoms with E-state index in [0.29, 0.717) is 19.0 Å². The molecule has 0 unspecified atom stereocenters. The normalized spacial score (nSPS) is 10.4. The Bertz CT molecular complexity index is 594. The minimum absolute atomic E-state index is 0.00785. The highest BCUT2D eigenvalue weighted by Gasteiger charge is 2.14. The summed E-state index contributed by atoms with van der Waals surface area (Å²) in [6, 6.07) is 9.72. The first kappa shape index (κ1) is 15.6. The second-order valence-electron chi connectivity index (χ2n) is 4.42. The predicted molar refractivity (Wildman–Crippen MR) is 84.7 cm³/mol. The molecular weight excluding hydrogens is 334 g/mol. The highest BCUT2D eigenvalue weighted by atomic mass is 79.9. The Morgan fingerprint density at radius 3 is 2.57 bits per heavy atom. The average molecular weight is 352 g/mol. The van der Waals surface area contributed by atoms with Crippen LogP contribution in [0, 0.1) is 0 Å². The fraction of sp³-hybridized carbons (Fsp3) is 0.333. The van der Waals surface area contributed by atoms with E-state index in [4.69, 9.17) is 4.74 Å². The molecule has 2 aromatic rings. The Morgan fingerprint density at radius 2 is 1.95 bits per heavy atom. The first-order valence-corrected chi connectivity index (χ1v) is 7.66. The molecule has 0 aliphatic heterocycles. The molecule has 6 heteroatoms. The molecule has 1 aromatic carbocycles. The van der Waals surface area contributed by atoms with E-state index in [1.165, 1.54) is 0 Å². The van der Waals surface area contributed by atoms with E-state index in [2.05, 4.69) is 21.0 Å². The van der Waals surface area contributed by atoms with Crippen molar-refractivity contribution in [2.75, 3.05) is 19.7 Å². The van der Waals surface area contributed by atoms with Crippen LogP contribution in [-0.4, -0.2) is 40.3 Å². The van der Waals surface area contributed by atoms with Crippen molar-refractivity contribution in [3.63, 3.8) is 0 Å². The van der Waals surface area contributed by atoms with E-state index in [0.717, 1.165) is 10.2 Å². The molecule has 0 N–H and O–H groups in total. The van der Waals surface area contributed by atoms with Gasteiger partial charge in [-0.15, -0.1) is 5.10 Å². The molecular formula is C15H18BrN3O2. The van der Waals surface area contributed by atoms with Crippen LogP contribution in [0.5, 0.6) is 5.88 Å². The van der Waals surface area contributed by atoms with E-state index in [-0.39, 0.29) is 12.5 Å². The van der Waals surface area contributed by atoms with Crippen LogP contribution < -0.4 is 4.74 Å². The van der Waals surface area contributed by atoms with Gasteiger partial charge in [-0.1, -0.05) is 18.2 Å². The summed E-state index contributed by atoms with van der Waals surface area (Å²) in [5.41, 5.74) is 0.933. The Hall–Kier alpha value is -1.82. The van der Waals surface area contributed by atoms with Gasteiger partial charge in [0.05, 0.1) is 10.2 Å². The van der Waals surface area contributed by atoms with Gasteiger partial charge in [0.2, 0.25) is 5.88 Å². The molecule has 0 aliphatic carbocycles. The molecule has 1 amide bonds. The van der Waals surface area contributed by atoms with E-state index >= 15 is 0 Å². The van der Waals surface area contributed by atoms with Crippen LogP contribution in [0.4, 0.5) is 0 Å². The van der Waals surface area contributed by atoms with Gasteiger partial charge >= 0.3 is 0 Å². The number of para-hydroxylation sites is 1. The highest BCUT2D eigenvalue weighted by Crippen LogP contribution is 2.24. The molecule has 0 spiro atoms. The molecule has 5 nitrogen and oxygen atoms in total. The van der Waals surface area contributed by atoms with Gasteiger partial charge in [0, 0.05) is 19.3 Å². The molecule has 0 bridgehead atoms. The van der Waals surface area contributed by atoms with Gasteiger partial charge in [-0.25, -0.2) is 4.68 Å². The zero-order chi connectivity index (χ0) is 15.2. The van der Waals surface area contributed by atoms with E-state index in [9.17, 15) is 4.79 Å². The smallest absolute Gasteiger partial charge is 0.260 e. The minimum atomic E-state index is -0.0406. The number of rotatable bonds is 6. The van der Waals surface area contributed by atoms with Crippen molar-refractivity contribution >= 4 is 21.8 Å². The van der Waals surface area contributed by atoms with Crippen molar-refractivity contribution in [3.8, 4) is 11.6 Å². The molecule has 0 saturated carbocycles. The molecule has 0 radical (unpaired) electrons. The number of aromatic nitrogens is 2. The Balaban J connectivity index is 2.05. The molecule has 0 atom stereocenters. The van der Waals surface area contributed by atoms with Gasteiger partial charge in [0.15, 0.2) is 6.61 Å². The summed E-state index contributed by atoms with van der Waals surface area (Å²) in [5, 5.41) is 4.34. The van der Waals surface area contributed by atoms with Gasteiger partial charge < -0.3 is 9.64 Å². The Morgan fingerprint density at radius 1 is 1.29 bits per heavy atom. The summed E-state index contributed by atoms with van der Waals surface area (Å²) in [6.07, 6.45) is 1.81. The summed E-state index contributed by atoms with van der Waals surface area (Å²) in [6.45, 7) is 5.24. The third kappa shape index (κ3) is 3.85. The third-order valence-corrected chi connectivity index (χ3v) is 3.65. The molecule has 0 saturated heterocycles. The van der Waals surface area contributed by atoms with Crippen LogP contribution in [0.25, 0.3) is 5.69 Å². The molecule has 2 rings (SSSR count). The highest BCUT2D eigenvalue weighted by molar-refractivity contribution is 9.10. The molecule has 21 heavy (non-hydrogen) atoms. The number of carbonyl (C=O) groups is 1. The molecule has 0 fully saturated rings. The number of amides is 1. The lowest BCUT2D eigenvalue weighted by Gasteiger charge is -2.18. The average Bonchev–Trinajstić information content (AvgIpc) is 2.88. The lowest BCUT2D eigenvalue weighted by atomic mass is 10.3. The summed E-state index contributed by atoms with van der Waals surface area (Å²) in [4.78, 5) is 13.6. The van der Waals surface area contributed by atoms with E-state index < -0.39 is 0 Å². The van der Waals surface area contributed by atoms with Gasteiger partial charge in [-0.05, 0) is 41.9 Å². The second-order valence-corrected chi connectivity index (χ2v) is 5.27. The second kappa shape index (κ2) is 7.26. The van der Waals surface area contributed by atoms with Gasteiger partial charge in [-0.3, -0.25) is 4.79 Å². The van der Waals surface area contributed by atoms with Crippen molar-refractivity contribution < 1.29 is 9.53 Å². The number of hydrogen-bond acceptors (Lipinski definition) is 3. The van der Waals surface area contributed by atoms with Crippen LogP contribution in [-0.2, 0) is 4.79 Å². The molecule has 112 valence electrons. The van der Waals surface area contributed by atoms with Crippen LogP contribution in [0.1, 0.15) is 13.8 Å². The lowest BCUT2D eigenvalue weighted by molar-refractivity contribution is -0.133. The number of halogens is 1. The van der Waals surface area contributed by atoms with Gasteiger partial charge in [0.1, 0.15) is 0 Å². The van der Waals surface area contributed by atoms with Crippen LogP contribution in [0.3, 0.4) is 0 Å². The first-order valence-electron chi connectivity index (χ1n) is 6.86. The fourth-order valence-electron chi connectivity index (χ4n) is 1.95. The maximum absolute atomic E-state index is 11.9. The monoisotopic (exact) mass is 351 g/mol. The number of hydrogen-bond donors (Lipinski definition) is 0. The molecule has 0 aliphatic rings.